The zero-order chi connectivity index (χ0) is 14.5. The van der Waals surface area contributed by atoms with Gasteiger partial charge in [-0.3, -0.25) is 0 Å². The number of nitrogens with two attached hydrogens (primary N) is 2. The van der Waals surface area contributed by atoms with Crippen LogP contribution >= 0.6 is 15.9 Å². The molecule has 0 aliphatic carbocycles. The van der Waals surface area contributed by atoms with Gasteiger partial charge in [-0.15, -0.1) is 0 Å². The smallest absolute Gasteiger partial charge is 0.151 e. The topological polar surface area (TPSA) is 92.0 Å². The van der Waals surface area contributed by atoms with Crippen LogP contribution in [0.25, 0.3) is 11.0 Å². The average Bonchev–Trinajstić information content (AvgIpc) is 2.80. The monoisotopic (exact) mass is 341 g/mol. The minimum atomic E-state index is 0.460. The van der Waals surface area contributed by atoms with Crippen LogP contribution in [0.2, 0.25) is 0 Å². The third-order valence-electron chi connectivity index (χ3n) is 3.03. The maximum Gasteiger partial charge on any atom is 0.151 e. The van der Waals surface area contributed by atoms with Crippen molar-refractivity contribution in [1.82, 2.24) is 14.5 Å². The Kier molecular flexibility index (Phi) is 5.33. The van der Waals surface area contributed by atoms with Crippen molar-refractivity contribution in [3.63, 3.8) is 0 Å². The van der Waals surface area contributed by atoms with E-state index in [1.54, 1.807) is 6.20 Å². The number of imidazole rings is 1. The Morgan fingerprint density at radius 3 is 2.90 bits per heavy atom. The fourth-order valence-corrected chi connectivity index (χ4v) is 2.67. The Labute approximate surface area is 126 Å². The molecule has 2 heterocycles. The zero-order valence-electron chi connectivity index (χ0n) is 11.6. The van der Waals surface area contributed by atoms with Gasteiger partial charge in [-0.1, -0.05) is 6.92 Å². The van der Waals surface area contributed by atoms with Crippen LogP contribution in [-0.2, 0) is 17.7 Å². The molecule has 0 saturated heterocycles. The van der Waals surface area contributed by atoms with E-state index in [1.807, 2.05) is 0 Å². The first-order valence-corrected chi connectivity index (χ1v) is 7.55. The Balaban J connectivity index is 2.37. The highest BCUT2D eigenvalue weighted by atomic mass is 79.9. The van der Waals surface area contributed by atoms with Gasteiger partial charge in [0.15, 0.2) is 5.82 Å². The summed E-state index contributed by atoms with van der Waals surface area (Å²) in [7, 11) is 0. The standard InChI is InChI=1S/C13H20BrN5O/c1-2-3-10-18-11-12(9(14)8-17-13(11)16)19(10)5-7-20-6-4-15/h8H,2-7,15H2,1H3,(H2,16,17). The molecule has 2 aromatic heterocycles. The molecule has 0 radical (unpaired) electrons. The fraction of sp³-hybridized carbons (Fsp3) is 0.538. The molecule has 4 N–H and O–H groups in total. The first-order chi connectivity index (χ1) is 9.69. The maximum absolute atomic E-state index is 5.92. The number of hydrogen-bond donors (Lipinski definition) is 2. The van der Waals surface area contributed by atoms with Crippen molar-refractivity contribution in [2.24, 2.45) is 5.73 Å². The number of aryl methyl sites for hydroxylation is 1. The first kappa shape index (κ1) is 15.2. The third kappa shape index (κ3) is 3.11. The largest absolute Gasteiger partial charge is 0.382 e. The number of ether oxygens (including phenoxy) is 1. The summed E-state index contributed by atoms with van der Waals surface area (Å²) < 4.78 is 8.52. The van der Waals surface area contributed by atoms with Crippen molar-refractivity contribution in [1.29, 1.82) is 0 Å². The number of nitrogen functional groups attached to an aromatic ring is 1. The predicted octanol–water partition coefficient (Wildman–Crippen LogP) is 1.70. The lowest BCUT2D eigenvalue weighted by atomic mass is 10.3. The summed E-state index contributed by atoms with van der Waals surface area (Å²) in [6.07, 6.45) is 3.64. The van der Waals surface area contributed by atoms with E-state index in [0.717, 1.165) is 40.7 Å². The van der Waals surface area contributed by atoms with Crippen molar-refractivity contribution >= 4 is 32.8 Å². The van der Waals surface area contributed by atoms with Gasteiger partial charge in [-0.05, 0) is 22.4 Å². The SMILES string of the molecule is CCCc1nc2c(N)ncc(Br)c2n1CCOCCN. The molecule has 6 nitrogen and oxygen atoms in total. The summed E-state index contributed by atoms with van der Waals surface area (Å²) in [5, 5.41) is 0. The summed E-state index contributed by atoms with van der Waals surface area (Å²) in [4.78, 5) is 8.77. The molecular weight excluding hydrogens is 322 g/mol. The van der Waals surface area contributed by atoms with Gasteiger partial charge in [0, 0.05) is 25.7 Å². The highest BCUT2D eigenvalue weighted by Gasteiger charge is 2.15. The Bertz CT molecular complexity index is 584. The molecule has 0 spiro atoms. The van der Waals surface area contributed by atoms with Crippen LogP contribution in [0.5, 0.6) is 0 Å². The normalized spacial score (nSPS) is 11.3. The lowest BCUT2D eigenvalue weighted by Gasteiger charge is -2.10. The molecule has 0 amide bonds. The molecule has 0 unspecified atom stereocenters. The lowest BCUT2D eigenvalue weighted by Crippen LogP contribution is -2.14. The first-order valence-electron chi connectivity index (χ1n) is 6.76. The highest BCUT2D eigenvalue weighted by molar-refractivity contribution is 9.10. The minimum absolute atomic E-state index is 0.460. The molecule has 2 rings (SSSR count). The second-order valence-electron chi connectivity index (χ2n) is 4.52. The minimum Gasteiger partial charge on any atom is -0.382 e. The summed E-state index contributed by atoms with van der Waals surface area (Å²) >= 11 is 3.53. The quantitative estimate of drug-likeness (QED) is 0.748. The van der Waals surface area contributed by atoms with Gasteiger partial charge in [0.2, 0.25) is 0 Å². The van der Waals surface area contributed by atoms with E-state index in [-0.39, 0.29) is 0 Å². The van der Waals surface area contributed by atoms with Gasteiger partial charge in [-0.2, -0.15) is 0 Å². The summed E-state index contributed by atoms with van der Waals surface area (Å²) in [6.45, 7) is 4.57. The summed E-state index contributed by atoms with van der Waals surface area (Å²) in [5.74, 6) is 1.47. The number of aromatic nitrogens is 3. The number of anilines is 1. The molecule has 2 aromatic rings. The van der Waals surface area contributed by atoms with E-state index in [4.69, 9.17) is 16.2 Å². The van der Waals surface area contributed by atoms with Gasteiger partial charge in [0.1, 0.15) is 11.3 Å². The summed E-state index contributed by atoms with van der Waals surface area (Å²) in [5.41, 5.74) is 13.1. The molecule has 20 heavy (non-hydrogen) atoms. The van der Waals surface area contributed by atoms with Gasteiger partial charge in [-0.25, -0.2) is 9.97 Å². The van der Waals surface area contributed by atoms with Crippen LogP contribution in [0.1, 0.15) is 19.2 Å². The van der Waals surface area contributed by atoms with Crippen molar-refractivity contribution in [3.05, 3.63) is 16.5 Å². The zero-order valence-corrected chi connectivity index (χ0v) is 13.2. The molecule has 0 bridgehead atoms. The van der Waals surface area contributed by atoms with Crippen molar-refractivity contribution in [2.45, 2.75) is 26.3 Å². The Hall–Kier alpha value is -1.18. The van der Waals surface area contributed by atoms with Crippen LogP contribution in [0.4, 0.5) is 5.82 Å². The van der Waals surface area contributed by atoms with Gasteiger partial charge in [0.25, 0.3) is 0 Å². The Morgan fingerprint density at radius 2 is 2.20 bits per heavy atom. The molecule has 7 heteroatoms. The molecule has 0 aliphatic heterocycles. The molecule has 0 fully saturated rings. The second kappa shape index (κ2) is 7.01. The summed E-state index contributed by atoms with van der Waals surface area (Å²) in [6, 6.07) is 0. The third-order valence-corrected chi connectivity index (χ3v) is 3.61. The van der Waals surface area contributed by atoms with E-state index in [9.17, 15) is 0 Å². The van der Waals surface area contributed by atoms with E-state index >= 15 is 0 Å². The number of halogens is 1. The molecule has 0 aliphatic rings. The highest BCUT2D eigenvalue weighted by Crippen LogP contribution is 2.28. The number of nitrogens with zero attached hydrogens (tertiary/aromatic N) is 3. The van der Waals surface area contributed by atoms with Gasteiger partial charge in [0.05, 0.1) is 23.2 Å². The van der Waals surface area contributed by atoms with E-state index in [0.29, 0.717) is 25.6 Å². The molecule has 0 aromatic carbocycles. The van der Waals surface area contributed by atoms with E-state index in [1.165, 1.54) is 0 Å². The van der Waals surface area contributed by atoms with Crippen molar-refractivity contribution in [2.75, 3.05) is 25.5 Å². The van der Waals surface area contributed by atoms with Crippen LogP contribution in [0.3, 0.4) is 0 Å². The van der Waals surface area contributed by atoms with Crippen LogP contribution in [-0.4, -0.2) is 34.3 Å². The average molecular weight is 342 g/mol. The fourth-order valence-electron chi connectivity index (χ4n) is 2.16. The number of rotatable bonds is 7. The number of fused-ring (bicyclic) bond motifs is 1. The molecular formula is C13H20BrN5O. The number of hydrogen-bond acceptors (Lipinski definition) is 5. The van der Waals surface area contributed by atoms with Crippen LogP contribution in [0.15, 0.2) is 10.7 Å². The van der Waals surface area contributed by atoms with E-state index < -0.39 is 0 Å². The van der Waals surface area contributed by atoms with Gasteiger partial charge < -0.3 is 20.8 Å². The second-order valence-corrected chi connectivity index (χ2v) is 5.37. The van der Waals surface area contributed by atoms with Crippen LogP contribution in [0, 0.1) is 0 Å². The molecule has 110 valence electrons. The van der Waals surface area contributed by atoms with Crippen molar-refractivity contribution < 1.29 is 4.74 Å². The maximum atomic E-state index is 5.92. The van der Waals surface area contributed by atoms with E-state index in [2.05, 4.69) is 37.4 Å². The number of pyridine rings is 1. The molecule has 0 saturated carbocycles. The Morgan fingerprint density at radius 1 is 1.40 bits per heavy atom. The van der Waals surface area contributed by atoms with Crippen molar-refractivity contribution in [3.8, 4) is 0 Å². The van der Waals surface area contributed by atoms with Crippen LogP contribution < -0.4 is 11.5 Å². The molecule has 0 atom stereocenters. The lowest BCUT2D eigenvalue weighted by molar-refractivity contribution is 0.133. The van der Waals surface area contributed by atoms with Gasteiger partial charge >= 0.3 is 0 Å². The predicted molar refractivity (Wildman–Crippen MR) is 83.5 cm³/mol.